The highest BCUT2D eigenvalue weighted by Crippen LogP contribution is 2.30. The molecule has 6 heteroatoms. The molecule has 1 aliphatic rings. The van der Waals surface area contributed by atoms with Crippen LogP contribution in [-0.4, -0.2) is 40.6 Å². The molecule has 4 rings (SSSR count). The van der Waals surface area contributed by atoms with Crippen LogP contribution < -0.4 is 9.64 Å². The Morgan fingerprint density at radius 1 is 1.12 bits per heavy atom. The third-order valence-corrected chi connectivity index (χ3v) is 4.74. The molecule has 0 amide bonds. The Morgan fingerprint density at radius 2 is 2.04 bits per heavy atom. The zero-order valence-corrected chi connectivity index (χ0v) is 14.2. The summed E-state index contributed by atoms with van der Waals surface area (Å²) in [4.78, 5) is 2.30. The molecule has 1 unspecified atom stereocenters. The van der Waals surface area contributed by atoms with E-state index in [2.05, 4.69) is 31.4 Å². The molecule has 1 fully saturated rings. The molecular weight excluding hydrogens is 314 g/mol. The largest absolute Gasteiger partial charge is 0.496 e. The summed E-state index contributed by atoms with van der Waals surface area (Å²) in [6.07, 6.45) is 4.13. The molecular formula is C19H21N5O. The summed E-state index contributed by atoms with van der Waals surface area (Å²) in [5, 5.41) is 16.1. The van der Waals surface area contributed by atoms with Crippen LogP contribution in [-0.2, 0) is 0 Å². The summed E-state index contributed by atoms with van der Waals surface area (Å²) in [6, 6.07) is 14.0. The topological polar surface area (TPSA) is 66.9 Å². The number of nitrogens with zero attached hydrogens (tertiary/aromatic N) is 4. The summed E-state index contributed by atoms with van der Waals surface area (Å²) in [5.74, 6) is 2.19. The maximum absolute atomic E-state index is 5.41. The summed E-state index contributed by atoms with van der Waals surface area (Å²) >= 11 is 0. The monoisotopic (exact) mass is 335 g/mol. The first kappa shape index (κ1) is 15.6. The molecule has 128 valence electrons. The van der Waals surface area contributed by atoms with Crippen molar-refractivity contribution in [3.8, 4) is 17.0 Å². The fraction of sp³-hybridized carbons (Fsp3) is 0.316. The maximum Gasteiger partial charge on any atom is 0.151 e. The zero-order chi connectivity index (χ0) is 17.1. The first-order valence-electron chi connectivity index (χ1n) is 8.56. The van der Waals surface area contributed by atoms with Crippen LogP contribution in [0.25, 0.3) is 11.3 Å². The van der Waals surface area contributed by atoms with Crippen LogP contribution in [0.4, 0.5) is 5.82 Å². The molecule has 3 aromatic rings. The molecule has 6 nitrogen and oxygen atoms in total. The van der Waals surface area contributed by atoms with Gasteiger partial charge in [-0.15, -0.1) is 10.2 Å². The molecule has 0 aliphatic carbocycles. The number of hydrogen-bond donors (Lipinski definition) is 1. The first-order valence-corrected chi connectivity index (χ1v) is 8.56. The van der Waals surface area contributed by atoms with Crippen molar-refractivity contribution in [2.24, 2.45) is 0 Å². The van der Waals surface area contributed by atoms with Gasteiger partial charge in [0.05, 0.1) is 12.8 Å². The molecule has 1 atom stereocenters. The highest BCUT2D eigenvalue weighted by atomic mass is 16.5. The van der Waals surface area contributed by atoms with Gasteiger partial charge in [-0.25, -0.2) is 0 Å². The lowest BCUT2D eigenvalue weighted by Gasteiger charge is -2.32. The van der Waals surface area contributed by atoms with E-state index in [0.717, 1.165) is 42.3 Å². The third kappa shape index (κ3) is 3.20. The highest BCUT2D eigenvalue weighted by Gasteiger charge is 2.23. The number of methoxy groups -OCH3 is 1. The number of anilines is 1. The molecule has 1 saturated heterocycles. The van der Waals surface area contributed by atoms with Gasteiger partial charge in [-0.3, -0.25) is 5.10 Å². The summed E-state index contributed by atoms with van der Waals surface area (Å²) in [6.45, 7) is 1.94. The molecule has 1 aliphatic heterocycles. The van der Waals surface area contributed by atoms with Gasteiger partial charge in [0.1, 0.15) is 5.75 Å². The smallest absolute Gasteiger partial charge is 0.151 e. The van der Waals surface area contributed by atoms with Gasteiger partial charge in [0.2, 0.25) is 0 Å². The van der Waals surface area contributed by atoms with E-state index in [9.17, 15) is 0 Å². The van der Waals surface area contributed by atoms with E-state index in [1.807, 2.05) is 42.6 Å². The van der Waals surface area contributed by atoms with E-state index in [0.29, 0.717) is 5.92 Å². The van der Waals surface area contributed by atoms with Crippen molar-refractivity contribution in [2.45, 2.75) is 18.8 Å². The van der Waals surface area contributed by atoms with Gasteiger partial charge in [0.15, 0.2) is 5.82 Å². The molecule has 0 spiro atoms. The minimum atomic E-state index is 0.465. The van der Waals surface area contributed by atoms with Crippen molar-refractivity contribution in [3.05, 3.63) is 54.4 Å². The van der Waals surface area contributed by atoms with Crippen molar-refractivity contribution in [2.75, 3.05) is 25.1 Å². The predicted octanol–water partition coefficient (Wildman–Crippen LogP) is 3.26. The lowest BCUT2D eigenvalue weighted by molar-refractivity contribution is 0.416. The Hall–Kier alpha value is -2.89. The van der Waals surface area contributed by atoms with Gasteiger partial charge in [-0.2, -0.15) is 5.10 Å². The summed E-state index contributed by atoms with van der Waals surface area (Å²) in [5.41, 5.74) is 2.98. The van der Waals surface area contributed by atoms with E-state index in [4.69, 9.17) is 4.74 Å². The number of hydrogen-bond acceptors (Lipinski definition) is 5. The lowest BCUT2D eigenvalue weighted by Crippen LogP contribution is -2.35. The minimum Gasteiger partial charge on any atom is -0.496 e. The molecule has 0 radical (unpaired) electrons. The molecule has 3 heterocycles. The maximum atomic E-state index is 5.41. The van der Waals surface area contributed by atoms with Gasteiger partial charge >= 0.3 is 0 Å². The second kappa shape index (κ2) is 6.93. The quantitative estimate of drug-likeness (QED) is 0.793. The molecule has 2 aromatic heterocycles. The molecule has 1 aromatic carbocycles. The molecule has 25 heavy (non-hydrogen) atoms. The Bertz CT molecular complexity index is 816. The Kier molecular flexibility index (Phi) is 4.33. The van der Waals surface area contributed by atoms with Crippen molar-refractivity contribution < 1.29 is 4.74 Å². The van der Waals surface area contributed by atoms with Crippen LogP contribution in [0.5, 0.6) is 5.75 Å². The summed E-state index contributed by atoms with van der Waals surface area (Å²) in [7, 11) is 1.67. The van der Waals surface area contributed by atoms with E-state index in [1.165, 1.54) is 12.1 Å². The van der Waals surface area contributed by atoms with Crippen LogP contribution in [0.2, 0.25) is 0 Å². The van der Waals surface area contributed by atoms with Gasteiger partial charge in [-0.1, -0.05) is 12.1 Å². The number of ether oxygens (including phenoxy) is 1. The van der Waals surface area contributed by atoms with Crippen LogP contribution in [0.3, 0.4) is 0 Å². The van der Waals surface area contributed by atoms with Crippen LogP contribution in [0.1, 0.15) is 24.5 Å². The fourth-order valence-electron chi connectivity index (χ4n) is 3.43. The van der Waals surface area contributed by atoms with Crippen LogP contribution in [0, 0.1) is 0 Å². The van der Waals surface area contributed by atoms with Gasteiger partial charge in [0.25, 0.3) is 0 Å². The standard InChI is InChI=1S/C19H21N5O/c1-25-18-7-3-2-6-15(18)17-8-9-19(23-22-17)24-12-4-5-14(13-24)16-10-11-20-21-16/h2-3,6-11,14H,4-5,12-13H2,1H3,(H,20,21). The highest BCUT2D eigenvalue weighted by molar-refractivity contribution is 5.67. The number of H-pyrrole nitrogens is 1. The van der Waals surface area contributed by atoms with Gasteiger partial charge < -0.3 is 9.64 Å². The number of piperidine rings is 1. The number of benzene rings is 1. The van der Waals surface area contributed by atoms with Crippen molar-refractivity contribution >= 4 is 5.82 Å². The second-order valence-corrected chi connectivity index (χ2v) is 6.27. The molecule has 1 N–H and O–H groups in total. The normalized spacial score (nSPS) is 17.5. The van der Waals surface area contributed by atoms with Crippen molar-refractivity contribution in [1.82, 2.24) is 20.4 Å². The van der Waals surface area contributed by atoms with Gasteiger partial charge in [0, 0.05) is 36.5 Å². The molecule has 0 bridgehead atoms. The number of nitrogens with one attached hydrogen (secondary N) is 1. The number of aromatic amines is 1. The van der Waals surface area contributed by atoms with Crippen LogP contribution in [0.15, 0.2) is 48.7 Å². The number of para-hydroxylation sites is 1. The zero-order valence-electron chi connectivity index (χ0n) is 14.2. The molecule has 0 saturated carbocycles. The fourth-order valence-corrected chi connectivity index (χ4v) is 3.43. The Morgan fingerprint density at radius 3 is 2.80 bits per heavy atom. The first-order chi connectivity index (χ1) is 12.3. The Labute approximate surface area is 146 Å². The lowest BCUT2D eigenvalue weighted by atomic mass is 9.95. The van der Waals surface area contributed by atoms with E-state index < -0.39 is 0 Å². The van der Waals surface area contributed by atoms with E-state index in [1.54, 1.807) is 7.11 Å². The second-order valence-electron chi connectivity index (χ2n) is 6.27. The summed E-state index contributed by atoms with van der Waals surface area (Å²) < 4.78 is 5.41. The van der Waals surface area contributed by atoms with Crippen LogP contribution >= 0.6 is 0 Å². The van der Waals surface area contributed by atoms with Crippen molar-refractivity contribution in [1.29, 1.82) is 0 Å². The number of aromatic nitrogens is 4. The third-order valence-electron chi connectivity index (χ3n) is 4.74. The van der Waals surface area contributed by atoms with E-state index >= 15 is 0 Å². The average Bonchev–Trinajstić information content (AvgIpc) is 3.23. The van der Waals surface area contributed by atoms with Crippen molar-refractivity contribution in [3.63, 3.8) is 0 Å². The average molecular weight is 335 g/mol. The number of rotatable bonds is 4. The Balaban J connectivity index is 1.54. The van der Waals surface area contributed by atoms with Gasteiger partial charge in [-0.05, 0) is 43.2 Å². The SMILES string of the molecule is COc1ccccc1-c1ccc(N2CCCC(c3ccn[nH]3)C2)nn1. The van der Waals surface area contributed by atoms with E-state index in [-0.39, 0.29) is 0 Å². The minimum absolute atomic E-state index is 0.465. The predicted molar refractivity (Wildman–Crippen MR) is 96.8 cm³/mol.